The number of fused-ring (bicyclic) bond motifs is 1. The van der Waals surface area contributed by atoms with Crippen molar-refractivity contribution in [1.29, 1.82) is 0 Å². The van der Waals surface area contributed by atoms with Gasteiger partial charge in [-0.2, -0.15) is 0 Å². The molecule has 0 saturated heterocycles. The van der Waals surface area contributed by atoms with Gasteiger partial charge in [-0.3, -0.25) is 4.79 Å². The Kier molecular flexibility index (Phi) is 3.12. The number of aldehydes is 1. The molecule has 0 aliphatic carbocycles. The molecule has 1 heterocycles. The van der Waals surface area contributed by atoms with E-state index < -0.39 is 5.66 Å². The van der Waals surface area contributed by atoms with Crippen LogP contribution >= 0.6 is 0 Å². The second-order valence-corrected chi connectivity index (χ2v) is 5.65. The van der Waals surface area contributed by atoms with Crippen LogP contribution in [0.25, 0.3) is 0 Å². The molecule has 1 aliphatic heterocycles. The van der Waals surface area contributed by atoms with Crippen molar-refractivity contribution >= 4 is 17.7 Å². The van der Waals surface area contributed by atoms with Gasteiger partial charge in [-0.1, -0.05) is 60.7 Å². The fraction of sp³-hybridized carbons (Fsp3) is 0.0500. The second-order valence-electron chi connectivity index (χ2n) is 5.65. The highest BCUT2D eigenvalue weighted by Gasteiger charge is 2.39. The fourth-order valence-corrected chi connectivity index (χ4v) is 3.11. The van der Waals surface area contributed by atoms with E-state index in [1.807, 2.05) is 54.6 Å². The molecule has 0 atom stereocenters. The van der Waals surface area contributed by atoms with E-state index in [9.17, 15) is 4.79 Å². The van der Waals surface area contributed by atoms with Crippen molar-refractivity contribution in [2.24, 2.45) is 0 Å². The number of hydrogen-bond donors (Lipinski definition) is 2. The van der Waals surface area contributed by atoms with E-state index in [4.69, 9.17) is 0 Å². The van der Waals surface area contributed by atoms with E-state index in [0.717, 1.165) is 28.8 Å². The third-order valence-electron chi connectivity index (χ3n) is 4.24. The van der Waals surface area contributed by atoms with Crippen molar-refractivity contribution < 1.29 is 4.79 Å². The van der Waals surface area contributed by atoms with Crippen molar-refractivity contribution in [3.8, 4) is 0 Å². The maximum Gasteiger partial charge on any atom is 0.161 e. The van der Waals surface area contributed by atoms with E-state index in [2.05, 4.69) is 34.9 Å². The molecule has 3 aromatic carbocycles. The lowest BCUT2D eigenvalue weighted by Gasteiger charge is -2.32. The second kappa shape index (κ2) is 5.29. The average Bonchev–Trinajstić information content (AvgIpc) is 3.03. The summed E-state index contributed by atoms with van der Waals surface area (Å²) in [5, 5.41) is 7.19. The summed E-state index contributed by atoms with van der Waals surface area (Å²) in [6.45, 7) is 0. The highest BCUT2D eigenvalue weighted by atomic mass is 16.1. The SMILES string of the molecule is O=Cc1ccc2c(c1)NC(c1ccccc1)(c1ccccc1)N2. The smallest absolute Gasteiger partial charge is 0.161 e. The number of carbonyl (C=O) groups is 1. The molecule has 0 saturated carbocycles. The summed E-state index contributed by atoms with van der Waals surface area (Å²) < 4.78 is 0. The Hall–Kier alpha value is -3.07. The zero-order chi connectivity index (χ0) is 15.7. The predicted molar refractivity (Wildman–Crippen MR) is 92.7 cm³/mol. The number of rotatable bonds is 3. The van der Waals surface area contributed by atoms with Crippen LogP contribution in [0.1, 0.15) is 21.5 Å². The number of carbonyl (C=O) groups excluding carboxylic acids is 1. The molecule has 0 amide bonds. The average molecular weight is 300 g/mol. The molecule has 0 spiro atoms. The topological polar surface area (TPSA) is 41.1 Å². The van der Waals surface area contributed by atoms with Crippen LogP contribution in [0.3, 0.4) is 0 Å². The van der Waals surface area contributed by atoms with Gasteiger partial charge < -0.3 is 10.6 Å². The molecule has 2 N–H and O–H groups in total. The molecule has 1 aliphatic rings. The summed E-state index contributed by atoms with van der Waals surface area (Å²) in [5.41, 5.74) is 4.29. The van der Waals surface area contributed by atoms with Crippen LogP contribution in [0, 0.1) is 0 Å². The van der Waals surface area contributed by atoms with Gasteiger partial charge in [-0.25, -0.2) is 0 Å². The summed E-state index contributed by atoms with van der Waals surface area (Å²) >= 11 is 0. The first kappa shape index (κ1) is 13.6. The molecular weight excluding hydrogens is 284 g/mol. The Bertz CT molecular complexity index is 805. The summed E-state index contributed by atoms with van der Waals surface area (Å²) in [6, 6.07) is 26.2. The summed E-state index contributed by atoms with van der Waals surface area (Å²) in [4.78, 5) is 11.1. The van der Waals surface area contributed by atoms with Gasteiger partial charge in [-0.05, 0) is 18.2 Å². The lowest BCUT2D eigenvalue weighted by Crippen LogP contribution is -2.39. The number of hydrogen-bond acceptors (Lipinski definition) is 3. The molecule has 0 fully saturated rings. The molecule has 3 nitrogen and oxygen atoms in total. The minimum Gasteiger partial charge on any atom is -0.354 e. The van der Waals surface area contributed by atoms with E-state index in [1.54, 1.807) is 0 Å². The van der Waals surface area contributed by atoms with Gasteiger partial charge in [-0.15, -0.1) is 0 Å². The molecule has 23 heavy (non-hydrogen) atoms. The van der Waals surface area contributed by atoms with Crippen LogP contribution in [0.15, 0.2) is 78.9 Å². The standard InChI is InChI=1S/C20H16N2O/c23-14-15-11-12-18-19(13-15)22-20(21-18,16-7-3-1-4-8-16)17-9-5-2-6-10-17/h1-14,21-22H. The van der Waals surface area contributed by atoms with Gasteiger partial charge in [0.2, 0.25) is 0 Å². The van der Waals surface area contributed by atoms with Crippen LogP contribution < -0.4 is 10.6 Å². The lowest BCUT2D eigenvalue weighted by molar-refractivity contribution is 0.112. The van der Waals surface area contributed by atoms with Crippen molar-refractivity contribution in [2.75, 3.05) is 10.6 Å². The maximum absolute atomic E-state index is 11.1. The molecule has 3 aromatic rings. The molecule has 0 aromatic heterocycles. The van der Waals surface area contributed by atoms with Crippen LogP contribution in [0.2, 0.25) is 0 Å². The molecule has 112 valence electrons. The number of nitrogens with one attached hydrogen (secondary N) is 2. The van der Waals surface area contributed by atoms with E-state index in [1.165, 1.54) is 0 Å². The third-order valence-corrected chi connectivity index (χ3v) is 4.24. The van der Waals surface area contributed by atoms with Crippen molar-refractivity contribution in [1.82, 2.24) is 0 Å². The first-order valence-electron chi connectivity index (χ1n) is 7.58. The number of benzene rings is 3. The van der Waals surface area contributed by atoms with Crippen LogP contribution in [-0.4, -0.2) is 6.29 Å². The molecule has 0 radical (unpaired) electrons. The fourth-order valence-electron chi connectivity index (χ4n) is 3.11. The van der Waals surface area contributed by atoms with Crippen LogP contribution in [0.4, 0.5) is 11.4 Å². The minimum atomic E-state index is -0.535. The monoisotopic (exact) mass is 300 g/mol. The van der Waals surface area contributed by atoms with E-state index in [0.29, 0.717) is 5.56 Å². The maximum atomic E-state index is 11.1. The van der Waals surface area contributed by atoms with Gasteiger partial charge in [0.25, 0.3) is 0 Å². The summed E-state index contributed by atoms with van der Waals surface area (Å²) in [5.74, 6) is 0. The Morgan fingerprint density at radius 2 is 1.26 bits per heavy atom. The zero-order valence-electron chi connectivity index (χ0n) is 12.5. The van der Waals surface area contributed by atoms with Gasteiger partial charge in [0.15, 0.2) is 5.66 Å². The first-order valence-corrected chi connectivity index (χ1v) is 7.58. The van der Waals surface area contributed by atoms with Gasteiger partial charge in [0, 0.05) is 16.7 Å². The third kappa shape index (κ3) is 2.18. The van der Waals surface area contributed by atoms with Gasteiger partial charge in [0.1, 0.15) is 6.29 Å². The summed E-state index contributed by atoms with van der Waals surface area (Å²) in [6.07, 6.45) is 0.868. The largest absolute Gasteiger partial charge is 0.354 e. The van der Waals surface area contributed by atoms with Crippen LogP contribution in [-0.2, 0) is 5.66 Å². The van der Waals surface area contributed by atoms with Crippen LogP contribution in [0.5, 0.6) is 0 Å². The highest BCUT2D eigenvalue weighted by Crippen LogP contribution is 2.43. The lowest BCUT2D eigenvalue weighted by atomic mass is 9.92. The summed E-state index contributed by atoms with van der Waals surface area (Å²) in [7, 11) is 0. The highest BCUT2D eigenvalue weighted by molar-refractivity contribution is 5.86. The predicted octanol–water partition coefficient (Wildman–Crippen LogP) is 4.24. The molecular formula is C20H16N2O. The van der Waals surface area contributed by atoms with Crippen molar-refractivity contribution in [3.63, 3.8) is 0 Å². The molecule has 3 heteroatoms. The van der Waals surface area contributed by atoms with Crippen molar-refractivity contribution in [3.05, 3.63) is 95.6 Å². The Morgan fingerprint density at radius 1 is 0.696 bits per heavy atom. The normalized spacial score (nSPS) is 14.4. The number of anilines is 2. The van der Waals surface area contributed by atoms with E-state index in [-0.39, 0.29) is 0 Å². The molecule has 0 unspecified atom stereocenters. The van der Waals surface area contributed by atoms with Gasteiger partial charge >= 0.3 is 0 Å². The Morgan fingerprint density at radius 3 is 1.83 bits per heavy atom. The van der Waals surface area contributed by atoms with Crippen molar-refractivity contribution in [2.45, 2.75) is 5.66 Å². The quantitative estimate of drug-likeness (QED) is 0.711. The Labute approximate surface area is 135 Å². The molecule has 4 rings (SSSR count). The van der Waals surface area contributed by atoms with E-state index >= 15 is 0 Å². The molecule has 0 bridgehead atoms. The first-order chi connectivity index (χ1) is 11.3. The minimum absolute atomic E-state index is 0.535. The zero-order valence-corrected chi connectivity index (χ0v) is 12.5. The Balaban J connectivity index is 1.88. The van der Waals surface area contributed by atoms with Gasteiger partial charge in [0.05, 0.1) is 11.4 Å².